The van der Waals surface area contributed by atoms with Crippen molar-refractivity contribution in [3.05, 3.63) is 29.3 Å². The van der Waals surface area contributed by atoms with Gasteiger partial charge in [0, 0.05) is 10.6 Å². The molecule has 2 rings (SSSR count). The highest BCUT2D eigenvalue weighted by molar-refractivity contribution is 7.99. The minimum absolute atomic E-state index is 0.0106. The number of carbonyl (C=O) groups is 2. The number of aromatic nitrogens is 3. The molecule has 0 aliphatic heterocycles. The second kappa shape index (κ2) is 7.81. The summed E-state index contributed by atoms with van der Waals surface area (Å²) in [7, 11) is 0. The maximum Gasteiger partial charge on any atom is 0.413 e. The molecule has 0 fully saturated rings. The zero-order chi connectivity index (χ0) is 15.9. The van der Waals surface area contributed by atoms with Crippen LogP contribution in [0.2, 0.25) is 5.02 Å². The Labute approximate surface area is 135 Å². The monoisotopic (exact) mass is 340 g/mol. The normalized spacial score (nSPS) is 10.3. The molecule has 1 aromatic carbocycles. The van der Waals surface area contributed by atoms with E-state index in [9.17, 15) is 9.59 Å². The van der Waals surface area contributed by atoms with Gasteiger partial charge < -0.3 is 4.74 Å². The molecule has 0 unspecified atom stereocenters. The molecule has 0 aliphatic carbocycles. The molecule has 116 valence electrons. The van der Waals surface area contributed by atoms with Crippen LogP contribution in [0.3, 0.4) is 0 Å². The van der Waals surface area contributed by atoms with Gasteiger partial charge in [0.05, 0.1) is 12.4 Å². The van der Waals surface area contributed by atoms with Gasteiger partial charge >= 0.3 is 6.09 Å². The van der Waals surface area contributed by atoms with Crippen LogP contribution in [-0.4, -0.2) is 39.5 Å². The molecule has 0 bridgehead atoms. The summed E-state index contributed by atoms with van der Waals surface area (Å²) in [4.78, 5) is 26.8. The zero-order valence-electron chi connectivity index (χ0n) is 11.6. The van der Waals surface area contributed by atoms with Crippen LogP contribution in [0.25, 0.3) is 11.4 Å². The number of hydrogen-bond acceptors (Lipinski definition) is 6. The molecule has 0 aliphatic rings. The molecule has 9 heteroatoms. The quantitative estimate of drug-likeness (QED) is 0.812. The number of aromatic amines is 1. The third-order valence-corrected chi connectivity index (χ3v) is 3.53. The maximum absolute atomic E-state index is 11.5. The lowest BCUT2D eigenvalue weighted by atomic mass is 10.2. The summed E-state index contributed by atoms with van der Waals surface area (Å²) < 4.78 is 4.61. The average Bonchev–Trinajstić information content (AvgIpc) is 2.95. The second-order valence-corrected chi connectivity index (χ2v) is 5.41. The summed E-state index contributed by atoms with van der Waals surface area (Å²) in [5.41, 5.74) is 0.833. The van der Waals surface area contributed by atoms with Crippen LogP contribution in [-0.2, 0) is 9.53 Å². The number of imide groups is 1. The summed E-state index contributed by atoms with van der Waals surface area (Å²) in [6.07, 6.45) is -0.759. The summed E-state index contributed by atoms with van der Waals surface area (Å²) in [6.45, 7) is 1.86. The molecular formula is C13H13ClN4O3S. The highest BCUT2D eigenvalue weighted by atomic mass is 35.5. The van der Waals surface area contributed by atoms with Crippen molar-refractivity contribution in [2.75, 3.05) is 12.4 Å². The molecule has 2 amide bonds. The van der Waals surface area contributed by atoms with Crippen molar-refractivity contribution >= 4 is 35.4 Å². The number of carbonyl (C=O) groups excluding carboxylic acids is 2. The largest absolute Gasteiger partial charge is 0.450 e. The number of benzene rings is 1. The molecular weight excluding hydrogens is 328 g/mol. The number of amides is 2. The average molecular weight is 341 g/mol. The number of nitrogens with zero attached hydrogens (tertiary/aromatic N) is 2. The van der Waals surface area contributed by atoms with Gasteiger partial charge in [0.15, 0.2) is 5.82 Å². The van der Waals surface area contributed by atoms with E-state index in [1.807, 2.05) is 12.1 Å². The SMILES string of the molecule is CCOC(=O)NC(=O)CSc1n[nH]c(-c2ccc(Cl)cc2)n1. The minimum atomic E-state index is -0.759. The molecule has 1 heterocycles. The van der Waals surface area contributed by atoms with E-state index in [4.69, 9.17) is 11.6 Å². The molecule has 0 saturated carbocycles. The fourth-order valence-corrected chi connectivity index (χ4v) is 2.22. The molecule has 0 atom stereocenters. The summed E-state index contributed by atoms with van der Waals surface area (Å²) in [6, 6.07) is 7.12. The van der Waals surface area contributed by atoms with Crippen LogP contribution in [0.4, 0.5) is 4.79 Å². The van der Waals surface area contributed by atoms with E-state index in [1.165, 1.54) is 0 Å². The van der Waals surface area contributed by atoms with Crippen molar-refractivity contribution < 1.29 is 14.3 Å². The number of nitrogens with one attached hydrogen (secondary N) is 2. The first-order valence-corrected chi connectivity index (χ1v) is 7.72. The van der Waals surface area contributed by atoms with Crippen LogP contribution in [0, 0.1) is 0 Å². The Morgan fingerprint density at radius 3 is 2.77 bits per heavy atom. The van der Waals surface area contributed by atoms with Gasteiger partial charge in [-0.25, -0.2) is 9.78 Å². The number of thioether (sulfide) groups is 1. The van der Waals surface area contributed by atoms with Crippen LogP contribution in [0.5, 0.6) is 0 Å². The predicted molar refractivity (Wildman–Crippen MR) is 82.7 cm³/mol. The van der Waals surface area contributed by atoms with Gasteiger partial charge in [-0.3, -0.25) is 15.2 Å². The van der Waals surface area contributed by atoms with Crippen molar-refractivity contribution in [1.29, 1.82) is 0 Å². The van der Waals surface area contributed by atoms with Crippen molar-refractivity contribution in [3.63, 3.8) is 0 Å². The van der Waals surface area contributed by atoms with Crippen molar-refractivity contribution in [1.82, 2.24) is 20.5 Å². The zero-order valence-corrected chi connectivity index (χ0v) is 13.2. The Balaban J connectivity index is 1.88. The standard InChI is InChI=1S/C13H13ClN4O3S/c1-2-21-13(20)15-10(19)7-22-12-16-11(17-18-12)8-3-5-9(14)6-4-8/h3-6H,2,7H2,1H3,(H,15,19,20)(H,16,17,18). The van der Waals surface area contributed by atoms with E-state index in [2.05, 4.69) is 25.2 Å². The van der Waals surface area contributed by atoms with E-state index >= 15 is 0 Å². The van der Waals surface area contributed by atoms with Crippen LogP contribution in [0.1, 0.15) is 6.92 Å². The van der Waals surface area contributed by atoms with Gasteiger partial charge in [0.2, 0.25) is 11.1 Å². The van der Waals surface area contributed by atoms with E-state index < -0.39 is 12.0 Å². The summed E-state index contributed by atoms with van der Waals surface area (Å²) in [5, 5.41) is 9.91. The minimum Gasteiger partial charge on any atom is -0.450 e. The number of halogens is 1. The lowest BCUT2D eigenvalue weighted by Crippen LogP contribution is -2.32. The topological polar surface area (TPSA) is 97.0 Å². The highest BCUT2D eigenvalue weighted by Crippen LogP contribution is 2.20. The number of rotatable bonds is 5. The Morgan fingerprint density at radius 1 is 1.36 bits per heavy atom. The second-order valence-electron chi connectivity index (χ2n) is 4.03. The smallest absolute Gasteiger partial charge is 0.413 e. The molecule has 1 aromatic heterocycles. The molecule has 2 aromatic rings. The Morgan fingerprint density at radius 2 is 2.09 bits per heavy atom. The van der Waals surface area contributed by atoms with Gasteiger partial charge in [0.25, 0.3) is 0 Å². The lowest BCUT2D eigenvalue weighted by Gasteiger charge is -2.02. The van der Waals surface area contributed by atoms with Crippen molar-refractivity contribution in [2.24, 2.45) is 0 Å². The number of alkyl carbamates (subject to hydrolysis) is 1. The third kappa shape index (κ3) is 4.74. The highest BCUT2D eigenvalue weighted by Gasteiger charge is 2.11. The lowest BCUT2D eigenvalue weighted by molar-refractivity contribution is -0.117. The molecule has 0 radical (unpaired) electrons. The van der Waals surface area contributed by atoms with Crippen molar-refractivity contribution in [2.45, 2.75) is 12.1 Å². The fourth-order valence-electron chi connectivity index (χ4n) is 1.50. The molecule has 2 N–H and O–H groups in total. The van der Waals surface area contributed by atoms with Gasteiger partial charge in [-0.15, -0.1) is 5.10 Å². The van der Waals surface area contributed by atoms with E-state index in [0.717, 1.165) is 17.3 Å². The number of hydrogen-bond donors (Lipinski definition) is 2. The van der Waals surface area contributed by atoms with E-state index in [1.54, 1.807) is 19.1 Å². The van der Waals surface area contributed by atoms with E-state index in [-0.39, 0.29) is 12.4 Å². The Hall–Kier alpha value is -2.06. The Bertz CT molecular complexity index is 660. The van der Waals surface area contributed by atoms with Gasteiger partial charge in [-0.05, 0) is 31.2 Å². The third-order valence-electron chi connectivity index (χ3n) is 2.43. The van der Waals surface area contributed by atoms with Gasteiger partial charge in [-0.2, -0.15) is 0 Å². The van der Waals surface area contributed by atoms with Crippen LogP contribution in [0.15, 0.2) is 29.4 Å². The maximum atomic E-state index is 11.5. The fraction of sp³-hybridized carbons (Fsp3) is 0.231. The van der Waals surface area contributed by atoms with Crippen molar-refractivity contribution in [3.8, 4) is 11.4 Å². The first-order chi connectivity index (χ1) is 10.6. The van der Waals surface area contributed by atoms with E-state index in [0.29, 0.717) is 16.0 Å². The predicted octanol–water partition coefficient (Wildman–Crippen LogP) is 2.49. The number of ether oxygens (including phenoxy) is 1. The molecule has 0 spiro atoms. The summed E-state index contributed by atoms with van der Waals surface area (Å²) in [5.74, 6) is 0.114. The first-order valence-electron chi connectivity index (χ1n) is 6.36. The molecule has 7 nitrogen and oxygen atoms in total. The van der Waals surface area contributed by atoms with Crippen LogP contribution >= 0.6 is 23.4 Å². The summed E-state index contributed by atoms with van der Waals surface area (Å²) >= 11 is 6.93. The van der Waals surface area contributed by atoms with Gasteiger partial charge in [0.1, 0.15) is 0 Å². The number of H-pyrrole nitrogens is 1. The Kier molecular flexibility index (Phi) is 5.79. The van der Waals surface area contributed by atoms with Gasteiger partial charge in [-0.1, -0.05) is 23.4 Å². The molecule has 22 heavy (non-hydrogen) atoms. The van der Waals surface area contributed by atoms with Crippen LogP contribution < -0.4 is 5.32 Å². The first kappa shape index (κ1) is 16.3. The molecule has 0 saturated heterocycles.